The molecule has 0 spiro atoms. The Labute approximate surface area is 176 Å². The number of hydrogen-bond acceptors (Lipinski definition) is 5. The van der Waals surface area contributed by atoms with Crippen LogP contribution in [0, 0.1) is 17.6 Å². The summed E-state index contributed by atoms with van der Waals surface area (Å²) in [4.78, 5) is 23.0. The summed E-state index contributed by atoms with van der Waals surface area (Å²) in [5.41, 5.74) is 0.288. The Kier molecular flexibility index (Phi) is 7.93. The van der Waals surface area contributed by atoms with Gasteiger partial charge in [0.2, 0.25) is 5.91 Å². The van der Waals surface area contributed by atoms with Gasteiger partial charge in [0.1, 0.15) is 29.6 Å². The molecule has 3 rings (SSSR count). The van der Waals surface area contributed by atoms with E-state index in [2.05, 4.69) is 32.4 Å². The maximum Gasteiger partial charge on any atom is 0.220 e. The van der Waals surface area contributed by atoms with Gasteiger partial charge in [-0.15, -0.1) is 0 Å². The molecule has 162 valence electrons. The molecule has 1 aliphatic rings. The lowest BCUT2D eigenvalue weighted by atomic mass is 9.92. The van der Waals surface area contributed by atoms with Crippen LogP contribution >= 0.6 is 0 Å². The van der Waals surface area contributed by atoms with Crippen molar-refractivity contribution in [3.63, 3.8) is 0 Å². The summed E-state index contributed by atoms with van der Waals surface area (Å²) in [6.45, 7) is 4.87. The molecular formula is C22H29F2N5O. The molecule has 0 atom stereocenters. The van der Waals surface area contributed by atoms with E-state index in [-0.39, 0.29) is 18.0 Å². The smallest absolute Gasteiger partial charge is 0.220 e. The molecule has 0 aliphatic carbocycles. The largest absolute Gasteiger partial charge is 0.370 e. The van der Waals surface area contributed by atoms with Crippen molar-refractivity contribution in [3.8, 4) is 0 Å². The van der Waals surface area contributed by atoms with Crippen molar-refractivity contribution in [1.29, 1.82) is 0 Å². The summed E-state index contributed by atoms with van der Waals surface area (Å²) in [7, 11) is 0. The van der Waals surface area contributed by atoms with E-state index in [0.29, 0.717) is 12.3 Å². The lowest BCUT2D eigenvalue weighted by Crippen LogP contribution is -2.34. The first-order valence-corrected chi connectivity index (χ1v) is 10.6. The highest BCUT2D eigenvalue weighted by Crippen LogP contribution is 2.25. The molecule has 2 heterocycles. The van der Waals surface area contributed by atoms with E-state index in [1.807, 2.05) is 6.07 Å². The van der Waals surface area contributed by atoms with Crippen LogP contribution in [0.3, 0.4) is 0 Å². The highest BCUT2D eigenvalue weighted by atomic mass is 19.1. The van der Waals surface area contributed by atoms with Gasteiger partial charge >= 0.3 is 0 Å². The molecule has 1 saturated heterocycles. The number of carbonyl (C=O) groups excluding carboxylic acids is 1. The van der Waals surface area contributed by atoms with Crippen molar-refractivity contribution < 1.29 is 13.6 Å². The summed E-state index contributed by atoms with van der Waals surface area (Å²) >= 11 is 0. The molecule has 1 aromatic carbocycles. The van der Waals surface area contributed by atoms with Gasteiger partial charge in [0.25, 0.3) is 0 Å². The molecule has 2 N–H and O–H groups in total. The fraction of sp³-hybridized carbons (Fsp3) is 0.500. The molecule has 0 radical (unpaired) electrons. The highest BCUT2D eigenvalue weighted by molar-refractivity contribution is 5.75. The fourth-order valence-corrected chi connectivity index (χ4v) is 3.60. The Balaban J connectivity index is 1.39. The zero-order valence-electron chi connectivity index (χ0n) is 17.3. The number of rotatable bonds is 9. The Morgan fingerprint density at radius 1 is 1.20 bits per heavy atom. The van der Waals surface area contributed by atoms with Gasteiger partial charge in [-0.05, 0) is 37.7 Å². The van der Waals surface area contributed by atoms with Crippen LogP contribution in [0.4, 0.5) is 20.4 Å². The molecule has 1 aliphatic heterocycles. The number of hydrogen-bond donors (Lipinski definition) is 2. The minimum atomic E-state index is -0.638. The third kappa shape index (κ3) is 6.37. The van der Waals surface area contributed by atoms with Crippen LogP contribution in [0.5, 0.6) is 0 Å². The lowest BCUT2D eigenvalue weighted by molar-refractivity contribution is -0.121. The van der Waals surface area contributed by atoms with Crippen molar-refractivity contribution in [2.45, 2.75) is 45.6 Å². The lowest BCUT2D eigenvalue weighted by Gasteiger charge is -2.32. The summed E-state index contributed by atoms with van der Waals surface area (Å²) in [6.07, 6.45) is 5.85. The Hall–Kier alpha value is -2.77. The molecule has 30 heavy (non-hydrogen) atoms. The SMILES string of the molecule is CCCNc1cc(N2CCC(CCC(=O)NCc3ccc(F)cc3F)CC2)ncn1. The maximum atomic E-state index is 13.6. The van der Waals surface area contributed by atoms with E-state index < -0.39 is 11.6 Å². The molecule has 1 fully saturated rings. The first-order valence-electron chi connectivity index (χ1n) is 10.6. The molecule has 0 saturated carbocycles. The summed E-state index contributed by atoms with van der Waals surface area (Å²) in [6, 6.07) is 5.36. The zero-order valence-corrected chi connectivity index (χ0v) is 17.3. The maximum absolute atomic E-state index is 13.6. The van der Waals surface area contributed by atoms with E-state index in [9.17, 15) is 13.6 Å². The van der Waals surface area contributed by atoms with Gasteiger partial charge < -0.3 is 15.5 Å². The molecule has 2 aromatic rings. The molecular weight excluding hydrogens is 388 g/mol. The zero-order chi connectivity index (χ0) is 21.3. The van der Waals surface area contributed by atoms with Gasteiger partial charge in [-0.2, -0.15) is 0 Å². The second-order valence-corrected chi connectivity index (χ2v) is 7.67. The van der Waals surface area contributed by atoms with Gasteiger partial charge in [-0.1, -0.05) is 13.0 Å². The predicted molar refractivity (Wildman–Crippen MR) is 113 cm³/mol. The van der Waals surface area contributed by atoms with Crippen LogP contribution in [0.15, 0.2) is 30.6 Å². The first kappa shape index (κ1) is 21.9. The molecule has 0 bridgehead atoms. The van der Waals surface area contributed by atoms with Crippen LogP contribution in [0.25, 0.3) is 0 Å². The van der Waals surface area contributed by atoms with Crippen LogP contribution in [-0.4, -0.2) is 35.5 Å². The van der Waals surface area contributed by atoms with Gasteiger partial charge in [0.05, 0.1) is 0 Å². The number of carbonyl (C=O) groups is 1. The Bertz CT molecular complexity index is 840. The van der Waals surface area contributed by atoms with Crippen molar-refractivity contribution >= 4 is 17.5 Å². The van der Waals surface area contributed by atoms with Crippen LogP contribution in [-0.2, 0) is 11.3 Å². The highest BCUT2D eigenvalue weighted by Gasteiger charge is 2.21. The Morgan fingerprint density at radius 3 is 2.73 bits per heavy atom. The van der Waals surface area contributed by atoms with E-state index in [1.54, 1.807) is 6.33 Å². The van der Waals surface area contributed by atoms with Crippen molar-refractivity contribution in [1.82, 2.24) is 15.3 Å². The number of benzene rings is 1. The van der Waals surface area contributed by atoms with Crippen molar-refractivity contribution in [2.24, 2.45) is 5.92 Å². The molecule has 1 aromatic heterocycles. The minimum absolute atomic E-state index is 0.0749. The summed E-state index contributed by atoms with van der Waals surface area (Å²) < 4.78 is 26.6. The van der Waals surface area contributed by atoms with Crippen LogP contribution < -0.4 is 15.5 Å². The quantitative estimate of drug-likeness (QED) is 0.648. The van der Waals surface area contributed by atoms with E-state index in [0.717, 1.165) is 63.0 Å². The third-order valence-corrected chi connectivity index (χ3v) is 5.42. The molecule has 8 heteroatoms. The van der Waals surface area contributed by atoms with Gasteiger partial charge in [0.15, 0.2) is 0 Å². The molecule has 0 unspecified atom stereocenters. The van der Waals surface area contributed by atoms with E-state index in [4.69, 9.17) is 0 Å². The average Bonchev–Trinajstić information content (AvgIpc) is 2.76. The number of piperidine rings is 1. The third-order valence-electron chi connectivity index (χ3n) is 5.42. The minimum Gasteiger partial charge on any atom is -0.370 e. The summed E-state index contributed by atoms with van der Waals surface area (Å²) in [5, 5.41) is 6.00. The molecule has 6 nitrogen and oxygen atoms in total. The van der Waals surface area contributed by atoms with Gasteiger partial charge in [-0.3, -0.25) is 4.79 Å². The van der Waals surface area contributed by atoms with Crippen molar-refractivity contribution in [3.05, 3.63) is 47.8 Å². The van der Waals surface area contributed by atoms with Crippen LogP contribution in [0.2, 0.25) is 0 Å². The topological polar surface area (TPSA) is 70.2 Å². The van der Waals surface area contributed by atoms with Gasteiger partial charge in [-0.25, -0.2) is 18.7 Å². The number of amides is 1. The average molecular weight is 418 g/mol. The van der Waals surface area contributed by atoms with Crippen molar-refractivity contribution in [2.75, 3.05) is 29.9 Å². The van der Waals surface area contributed by atoms with E-state index in [1.165, 1.54) is 12.1 Å². The Morgan fingerprint density at radius 2 is 2.00 bits per heavy atom. The standard InChI is InChI=1S/C22H29F2N5O/c1-2-9-25-20-13-21(28-15-27-20)29-10-7-16(8-11-29)3-6-22(30)26-14-17-4-5-18(23)12-19(17)24/h4-5,12-13,15-16H,2-3,6-11,14H2,1H3,(H,26,30)(H,25,27,28). The number of nitrogens with zero attached hydrogens (tertiary/aromatic N) is 3. The number of anilines is 2. The van der Waals surface area contributed by atoms with Crippen LogP contribution in [0.1, 0.15) is 44.6 Å². The predicted octanol–water partition coefficient (Wildman–Crippen LogP) is 3.89. The first-order chi connectivity index (χ1) is 14.5. The number of halogens is 2. The summed E-state index contributed by atoms with van der Waals surface area (Å²) in [5.74, 6) is 0.891. The second kappa shape index (κ2) is 10.8. The number of nitrogens with one attached hydrogen (secondary N) is 2. The number of aromatic nitrogens is 2. The van der Waals surface area contributed by atoms with E-state index >= 15 is 0 Å². The van der Waals surface area contributed by atoms with Gasteiger partial charge in [0, 0.05) is 50.3 Å². The fourth-order valence-electron chi connectivity index (χ4n) is 3.60. The normalized spacial score (nSPS) is 14.6. The molecule has 1 amide bonds. The second-order valence-electron chi connectivity index (χ2n) is 7.67. The monoisotopic (exact) mass is 417 g/mol.